The highest BCUT2D eigenvalue weighted by Crippen LogP contribution is 2.51. The summed E-state index contributed by atoms with van der Waals surface area (Å²) in [6.07, 6.45) is 2.89. The molecule has 0 aromatic heterocycles. The lowest BCUT2D eigenvalue weighted by molar-refractivity contribution is -0.0496. The summed E-state index contributed by atoms with van der Waals surface area (Å²) >= 11 is 0. The Labute approximate surface area is 198 Å². The van der Waals surface area contributed by atoms with Crippen molar-refractivity contribution in [2.24, 2.45) is 10.8 Å². The second-order valence-corrected chi connectivity index (χ2v) is 10.9. The zero-order chi connectivity index (χ0) is 24.3. The fraction of sp³-hybridized carbons (Fsp3) is 0.500. The Hall–Kier alpha value is -3.00. The number of hydrogen-bond donors (Lipinski definition) is 1. The molecule has 1 amide bonds. The third kappa shape index (κ3) is 5.50. The number of ether oxygens (including phenoxy) is 1. The maximum absolute atomic E-state index is 12.4. The molecular weight excluding hydrogens is 412 g/mol. The Morgan fingerprint density at radius 1 is 1.06 bits per heavy atom. The summed E-state index contributed by atoms with van der Waals surface area (Å²) < 4.78 is 5.95. The maximum atomic E-state index is 12.4. The van der Waals surface area contributed by atoms with Gasteiger partial charge < -0.3 is 9.84 Å². The van der Waals surface area contributed by atoms with E-state index in [0.717, 1.165) is 36.8 Å². The number of rotatable bonds is 6. The molecule has 0 radical (unpaired) electrons. The highest BCUT2D eigenvalue weighted by Gasteiger charge is 2.51. The number of amides is 1. The van der Waals surface area contributed by atoms with E-state index in [1.54, 1.807) is 11.0 Å². The molecule has 0 saturated heterocycles. The SMILES string of the molecule is CC1(C)CCC(N(CCOc2ccc(-c3cccc(C#N)c3)cc2)C(=O)O)(C(C)(C)C)CC1. The molecule has 176 valence electrons. The molecule has 1 saturated carbocycles. The van der Waals surface area contributed by atoms with Gasteiger partial charge in [-0.1, -0.05) is 58.9 Å². The minimum absolute atomic E-state index is 0.165. The van der Waals surface area contributed by atoms with E-state index in [4.69, 9.17) is 10.00 Å². The third-order valence-corrected chi connectivity index (χ3v) is 7.34. The first kappa shape index (κ1) is 24.6. The number of nitriles is 1. The largest absolute Gasteiger partial charge is 0.492 e. The van der Waals surface area contributed by atoms with Crippen LogP contribution in [0.2, 0.25) is 0 Å². The predicted octanol–water partition coefficient (Wildman–Crippen LogP) is 6.97. The average Bonchev–Trinajstić information content (AvgIpc) is 2.77. The first-order valence-electron chi connectivity index (χ1n) is 11.7. The van der Waals surface area contributed by atoms with Gasteiger partial charge in [0.15, 0.2) is 0 Å². The quantitative estimate of drug-likeness (QED) is 0.518. The number of hydrogen-bond acceptors (Lipinski definition) is 3. The van der Waals surface area contributed by atoms with E-state index in [2.05, 4.69) is 40.7 Å². The van der Waals surface area contributed by atoms with Crippen LogP contribution in [0.4, 0.5) is 4.79 Å². The van der Waals surface area contributed by atoms with E-state index in [0.29, 0.717) is 24.5 Å². The van der Waals surface area contributed by atoms with Crippen molar-refractivity contribution in [1.82, 2.24) is 4.90 Å². The summed E-state index contributed by atoms with van der Waals surface area (Å²) in [5.74, 6) is 0.704. The minimum atomic E-state index is -0.874. The van der Waals surface area contributed by atoms with Crippen molar-refractivity contribution in [2.75, 3.05) is 13.2 Å². The Bertz CT molecular complexity index is 1000. The second-order valence-electron chi connectivity index (χ2n) is 10.9. The van der Waals surface area contributed by atoms with Crippen molar-refractivity contribution in [2.45, 2.75) is 65.8 Å². The summed E-state index contributed by atoms with van der Waals surface area (Å²) in [4.78, 5) is 14.0. The van der Waals surface area contributed by atoms with Crippen molar-refractivity contribution < 1.29 is 14.6 Å². The second kappa shape index (κ2) is 9.47. The Balaban J connectivity index is 1.69. The molecule has 1 aliphatic carbocycles. The van der Waals surface area contributed by atoms with Gasteiger partial charge in [0.25, 0.3) is 0 Å². The molecule has 1 aliphatic rings. The van der Waals surface area contributed by atoms with Crippen molar-refractivity contribution in [1.29, 1.82) is 5.26 Å². The van der Waals surface area contributed by atoms with Gasteiger partial charge >= 0.3 is 6.09 Å². The summed E-state index contributed by atoms with van der Waals surface area (Å²) in [6, 6.07) is 17.3. The lowest BCUT2D eigenvalue weighted by Gasteiger charge is -2.56. The van der Waals surface area contributed by atoms with Crippen molar-refractivity contribution in [3.05, 3.63) is 54.1 Å². The smallest absolute Gasteiger partial charge is 0.407 e. The van der Waals surface area contributed by atoms with Crippen LogP contribution in [-0.4, -0.2) is 34.8 Å². The number of carboxylic acid groups (broad SMARTS) is 1. The first-order chi connectivity index (χ1) is 15.5. The van der Waals surface area contributed by atoms with Crippen LogP contribution in [-0.2, 0) is 0 Å². The maximum Gasteiger partial charge on any atom is 0.407 e. The highest BCUT2D eigenvalue weighted by molar-refractivity contribution is 5.67. The minimum Gasteiger partial charge on any atom is -0.492 e. The standard InChI is InChI=1S/C28H36N2O3/c1-26(2,3)28(15-13-27(4,5)14-16-28)30(25(31)32)17-18-33-24-11-9-22(10-12-24)23-8-6-7-21(19-23)20-29/h6-12,19H,13-18H2,1-5H3,(H,31,32). The van der Waals surface area contributed by atoms with E-state index in [-0.39, 0.29) is 10.8 Å². The molecule has 5 nitrogen and oxygen atoms in total. The number of nitrogens with zero attached hydrogens (tertiary/aromatic N) is 2. The van der Waals surface area contributed by atoms with Gasteiger partial charge in [-0.2, -0.15) is 5.26 Å². The van der Waals surface area contributed by atoms with Gasteiger partial charge in [-0.25, -0.2) is 4.79 Å². The van der Waals surface area contributed by atoms with Gasteiger partial charge in [0, 0.05) is 0 Å². The van der Waals surface area contributed by atoms with E-state index in [1.165, 1.54) is 0 Å². The van der Waals surface area contributed by atoms with Crippen molar-refractivity contribution in [3.63, 3.8) is 0 Å². The van der Waals surface area contributed by atoms with Gasteiger partial charge in [-0.05, 0) is 71.9 Å². The molecular formula is C28H36N2O3. The topological polar surface area (TPSA) is 73.6 Å². The van der Waals surface area contributed by atoms with Gasteiger partial charge in [-0.15, -0.1) is 0 Å². The van der Waals surface area contributed by atoms with E-state index >= 15 is 0 Å². The zero-order valence-electron chi connectivity index (χ0n) is 20.5. The molecule has 0 bridgehead atoms. The average molecular weight is 449 g/mol. The number of benzene rings is 2. The lowest BCUT2D eigenvalue weighted by Crippen LogP contribution is -2.62. The van der Waals surface area contributed by atoms with E-state index in [1.807, 2.05) is 42.5 Å². The summed E-state index contributed by atoms with van der Waals surface area (Å²) in [5.41, 5.74) is 2.30. The normalized spacial score (nSPS) is 17.1. The molecule has 2 aromatic rings. The van der Waals surface area contributed by atoms with Gasteiger partial charge in [0.2, 0.25) is 0 Å². The molecule has 0 unspecified atom stereocenters. The summed E-state index contributed by atoms with van der Waals surface area (Å²) in [5, 5.41) is 19.2. The third-order valence-electron chi connectivity index (χ3n) is 7.34. The van der Waals surface area contributed by atoms with E-state index < -0.39 is 11.6 Å². The van der Waals surface area contributed by atoms with Gasteiger partial charge in [0.05, 0.1) is 23.7 Å². The molecule has 1 fully saturated rings. The molecule has 33 heavy (non-hydrogen) atoms. The molecule has 5 heteroatoms. The fourth-order valence-corrected chi connectivity index (χ4v) is 5.02. The van der Waals surface area contributed by atoms with Crippen LogP contribution in [0.1, 0.15) is 65.9 Å². The van der Waals surface area contributed by atoms with Crippen LogP contribution in [0.15, 0.2) is 48.5 Å². The van der Waals surface area contributed by atoms with Crippen LogP contribution in [0, 0.1) is 22.2 Å². The number of carbonyl (C=O) groups is 1. The predicted molar refractivity (Wildman–Crippen MR) is 131 cm³/mol. The highest BCUT2D eigenvalue weighted by atomic mass is 16.5. The first-order valence-corrected chi connectivity index (χ1v) is 11.7. The Kier molecular flexibility index (Phi) is 7.07. The molecule has 2 aromatic carbocycles. The molecule has 0 atom stereocenters. The van der Waals surface area contributed by atoms with Gasteiger partial charge in [-0.3, -0.25) is 4.90 Å². The van der Waals surface area contributed by atoms with E-state index in [9.17, 15) is 9.90 Å². The summed E-state index contributed by atoms with van der Waals surface area (Å²) in [7, 11) is 0. The Morgan fingerprint density at radius 2 is 1.70 bits per heavy atom. The zero-order valence-corrected chi connectivity index (χ0v) is 20.5. The Morgan fingerprint density at radius 3 is 2.24 bits per heavy atom. The van der Waals surface area contributed by atoms with Crippen LogP contribution < -0.4 is 4.74 Å². The molecule has 0 spiro atoms. The van der Waals surface area contributed by atoms with Crippen LogP contribution in [0.25, 0.3) is 11.1 Å². The lowest BCUT2D eigenvalue weighted by atomic mass is 9.59. The van der Waals surface area contributed by atoms with Crippen molar-refractivity contribution >= 4 is 6.09 Å². The molecule has 0 aliphatic heterocycles. The van der Waals surface area contributed by atoms with Crippen LogP contribution in [0.3, 0.4) is 0 Å². The van der Waals surface area contributed by atoms with Crippen molar-refractivity contribution in [3.8, 4) is 22.9 Å². The monoisotopic (exact) mass is 448 g/mol. The molecule has 0 heterocycles. The fourth-order valence-electron chi connectivity index (χ4n) is 5.02. The van der Waals surface area contributed by atoms with Crippen LogP contribution in [0.5, 0.6) is 5.75 Å². The van der Waals surface area contributed by atoms with Crippen LogP contribution >= 0.6 is 0 Å². The summed E-state index contributed by atoms with van der Waals surface area (Å²) in [6.45, 7) is 11.6. The molecule has 3 rings (SSSR count). The van der Waals surface area contributed by atoms with Gasteiger partial charge in [0.1, 0.15) is 12.4 Å². The molecule has 1 N–H and O–H groups in total.